The van der Waals surface area contributed by atoms with Crippen LogP contribution in [0.4, 0.5) is 0 Å². The van der Waals surface area contributed by atoms with Gasteiger partial charge in [-0.2, -0.15) is 8.42 Å². The Morgan fingerprint density at radius 2 is 1.43 bits per heavy atom. The molecular weight excluding hydrogens is 314 g/mol. The molecule has 0 aliphatic carbocycles. The maximum atomic E-state index is 11.2. The van der Waals surface area contributed by atoms with Gasteiger partial charge in [-0.3, -0.25) is 9.35 Å². The van der Waals surface area contributed by atoms with Gasteiger partial charge in [0.25, 0.3) is 10.1 Å². The third-order valence-corrected chi connectivity index (χ3v) is 4.99. The second-order valence-electron chi connectivity index (χ2n) is 6.04. The van der Waals surface area contributed by atoms with Crippen LogP contribution in [0.15, 0.2) is 12.7 Å². The van der Waals surface area contributed by atoms with Crippen LogP contribution in [-0.4, -0.2) is 24.3 Å². The molecule has 1 unspecified atom stereocenters. The van der Waals surface area contributed by atoms with E-state index >= 15 is 0 Å². The van der Waals surface area contributed by atoms with Crippen molar-refractivity contribution < 1.29 is 17.8 Å². The van der Waals surface area contributed by atoms with Gasteiger partial charge in [-0.1, -0.05) is 84.1 Å². The topological polar surface area (TPSA) is 83.5 Å². The Morgan fingerprint density at radius 3 is 1.83 bits per heavy atom. The smallest absolute Gasteiger partial charge is 0.286 e. The maximum absolute atomic E-state index is 11.2. The number of nitrogens with one attached hydrogen (secondary N) is 1. The fourth-order valence-electron chi connectivity index (χ4n) is 2.51. The van der Waals surface area contributed by atoms with Crippen molar-refractivity contribution in [2.75, 3.05) is 0 Å². The van der Waals surface area contributed by atoms with E-state index in [0.717, 1.165) is 25.3 Å². The van der Waals surface area contributed by atoms with Crippen LogP contribution in [0.3, 0.4) is 0 Å². The lowest BCUT2D eigenvalue weighted by Gasteiger charge is -2.14. The molecule has 0 fully saturated rings. The lowest BCUT2D eigenvalue weighted by molar-refractivity contribution is -0.116. The van der Waals surface area contributed by atoms with Crippen molar-refractivity contribution in [3.05, 3.63) is 12.7 Å². The van der Waals surface area contributed by atoms with Gasteiger partial charge in [0.15, 0.2) is 5.37 Å². The van der Waals surface area contributed by atoms with Gasteiger partial charge in [0.1, 0.15) is 0 Å². The second kappa shape index (κ2) is 13.5. The van der Waals surface area contributed by atoms with E-state index in [4.69, 9.17) is 4.55 Å². The van der Waals surface area contributed by atoms with Crippen molar-refractivity contribution in [3.8, 4) is 0 Å². The molecule has 0 aromatic heterocycles. The molecule has 0 rings (SSSR count). The van der Waals surface area contributed by atoms with E-state index in [1.54, 1.807) is 0 Å². The Bertz CT molecular complexity index is 420. The Balaban J connectivity index is 3.67. The number of rotatable bonds is 15. The molecule has 0 radical (unpaired) electrons. The first kappa shape index (κ1) is 22.1. The van der Waals surface area contributed by atoms with Crippen molar-refractivity contribution in [1.29, 1.82) is 0 Å². The third kappa shape index (κ3) is 13.3. The zero-order valence-corrected chi connectivity index (χ0v) is 15.2. The third-order valence-electron chi connectivity index (χ3n) is 3.92. The zero-order valence-electron chi connectivity index (χ0n) is 14.4. The summed E-state index contributed by atoms with van der Waals surface area (Å²) in [6.45, 7) is 5.49. The van der Waals surface area contributed by atoms with E-state index in [-0.39, 0.29) is 6.42 Å². The van der Waals surface area contributed by atoms with Gasteiger partial charge in [-0.05, 0) is 12.5 Å². The fraction of sp³-hybridized carbons (Fsp3) is 0.824. The van der Waals surface area contributed by atoms with Crippen LogP contribution in [0.1, 0.15) is 84.0 Å². The lowest BCUT2D eigenvalue weighted by Crippen LogP contribution is -2.39. The first-order chi connectivity index (χ1) is 10.9. The molecule has 6 heteroatoms. The normalized spacial score (nSPS) is 12.8. The number of hydrogen-bond acceptors (Lipinski definition) is 3. The zero-order chi connectivity index (χ0) is 17.6. The molecule has 1 atom stereocenters. The highest BCUT2D eigenvalue weighted by Crippen LogP contribution is 2.13. The summed E-state index contributed by atoms with van der Waals surface area (Å²) in [5.74, 6) is -0.587. The first-order valence-electron chi connectivity index (χ1n) is 8.81. The summed E-state index contributed by atoms with van der Waals surface area (Å²) >= 11 is 0. The highest BCUT2D eigenvalue weighted by molar-refractivity contribution is 7.86. The number of amides is 1. The minimum absolute atomic E-state index is 0.232. The summed E-state index contributed by atoms with van der Waals surface area (Å²) in [6.07, 6.45) is 14.1. The average molecular weight is 348 g/mol. The Morgan fingerprint density at radius 1 is 1.00 bits per heavy atom. The lowest BCUT2D eigenvalue weighted by atomic mass is 10.1. The standard InChI is InChI=1S/C17H33NO4S/c1-3-5-6-7-8-9-10-11-12-13-14-15-17(23(20,21)22)18-16(19)4-2/h4,17H,2-3,5-15H2,1H3,(H,18,19)(H,20,21,22). The van der Waals surface area contributed by atoms with E-state index in [1.807, 2.05) is 0 Å². The maximum Gasteiger partial charge on any atom is 0.286 e. The van der Waals surface area contributed by atoms with Gasteiger partial charge in [0.2, 0.25) is 5.91 Å². The Hall–Kier alpha value is -0.880. The summed E-state index contributed by atoms with van der Waals surface area (Å²) < 4.78 is 31.5. The van der Waals surface area contributed by atoms with E-state index in [2.05, 4.69) is 18.8 Å². The quantitative estimate of drug-likeness (QED) is 0.264. The van der Waals surface area contributed by atoms with Gasteiger partial charge in [-0.25, -0.2) is 0 Å². The summed E-state index contributed by atoms with van der Waals surface area (Å²) in [5.41, 5.74) is 0. The van der Waals surface area contributed by atoms with Crippen LogP contribution in [0.2, 0.25) is 0 Å². The molecular formula is C17H33NO4S. The highest BCUT2D eigenvalue weighted by atomic mass is 32.2. The Kier molecular flexibility index (Phi) is 13.0. The molecule has 0 saturated heterocycles. The average Bonchev–Trinajstić information content (AvgIpc) is 2.50. The highest BCUT2D eigenvalue weighted by Gasteiger charge is 2.23. The van der Waals surface area contributed by atoms with Crippen molar-refractivity contribution >= 4 is 16.0 Å². The largest absolute Gasteiger partial charge is 0.334 e. The van der Waals surface area contributed by atoms with Crippen LogP contribution >= 0.6 is 0 Å². The van der Waals surface area contributed by atoms with Gasteiger partial charge in [-0.15, -0.1) is 0 Å². The van der Waals surface area contributed by atoms with E-state index in [1.165, 1.54) is 44.9 Å². The molecule has 0 bridgehead atoms. The molecule has 0 aromatic carbocycles. The monoisotopic (exact) mass is 347 g/mol. The minimum atomic E-state index is -4.26. The SMILES string of the molecule is C=CC(=O)NC(CCCCCCCCCCCCC)S(=O)(=O)O. The van der Waals surface area contributed by atoms with Crippen LogP contribution in [0, 0.1) is 0 Å². The molecule has 23 heavy (non-hydrogen) atoms. The fourth-order valence-corrected chi connectivity index (χ4v) is 3.24. The van der Waals surface area contributed by atoms with Gasteiger partial charge in [0.05, 0.1) is 0 Å². The molecule has 0 aliphatic rings. The second-order valence-corrected chi connectivity index (χ2v) is 7.64. The van der Waals surface area contributed by atoms with Crippen molar-refractivity contribution in [2.24, 2.45) is 0 Å². The molecule has 136 valence electrons. The summed E-state index contributed by atoms with van der Waals surface area (Å²) in [7, 11) is -4.26. The summed E-state index contributed by atoms with van der Waals surface area (Å²) in [5, 5.41) is 1.02. The summed E-state index contributed by atoms with van der Waals surface area (Å²) in [4.78, 5) is 11.2. The minimum Gasteiger partial charge on any atom is -0.334 e. The first-order valence-corrected chi connectivity index (χ1v) is 10.3. The molecule has 0 aliphatic heterocycles. The van der Waals surface area contributed by atoms with Crippen LogP contribution in [0.5, 0.6) is 0 Å². The van der Waals surface area contributed by atoms with E-state index in [9.17, 15) is 13.2 Å². The predicted molar refractivity (Wildman–Crippen MR) is 94.8 cm³/mol. The van der Waals surface area contributed by atoms with Crippen LogP contribution in [-0.2, 0) is 14.9 Å². The van der Waals surface area contributed by atoms with E-state index < -0.39 is 21.4 Å². The number of carbonyl (C=O) groups excluding carboxylic acids is 1. The molecule has 0 heterocycles. The van der Waals surface area contributed by atoms with Crippen LogP contribution in [0.25, 0.3) is 0 Å². The van der Waals surface area contributed by atoms with Gasteiger partial charge >= 0.3 is 0 Å². The number of unbranched alkanes of at least 4 members (excludes halogenated alkanes) is 10. The summed E-state index contributed by atoms with van der Waals surface area (Å²) in [6, 6.07) is 0. The number of carbonyl (C=O) groups is 1. The predicted octanol–water partition coefficient (Wildman–Crippen LogP) is 4.20. The molecule has 0 saturated carbocycles. The van der Waals surface area contributed by atoms with Crippen LogP contribution < -0.4 is 5.32 Å². The Labute approximate surface area is 141 Å². The van der Waals surface area contributed by atoms with Crippen molar-refractivity contribution in [3.63, 3.8) is 0 Å². The molecule has 2 N–H and O–H groups in total. The van der Waals surface area contributed by atoms with Gasteiger partial charge in [0, 0.05) is 0 Å². The molecule has 5 nitrogen and oxygen atoms in total. The van der Waals surface area contributed by atoms with Crippen molar-refractivity contribution in [1.82, 2.24) is 5.32 Å². The van der Waals surface area contributed by atoms with E-state index in [0.29, 0.717) is 6.42 Å². The molecule has 0 aromatic rings. The molecule has 1 amide bonds. The molecule has 0 spiro atoms. The number of hydrogen-bond donors (Lipinski definition) is 2. The van der Waals surface area contributed by atoms with Gasteiger partial charge < -0.3 is 5.32 Å². The van der Waals surface area contributed by atoms with Crippen molar-refractivity contribution in [2.45, 2.75) is 89.3 Å².